The average Bonchev–Trinajstić information content (AvgIpc) is 2.46. The molecule has 19 heavy (non-hydrogen) atoms. The molecule has 2 heterocycles. The molecule has 0 radical (unpaired) electrons. The standard InChI is InChI=1S/C18H20N/c1-13-12-15-7-3-5-9-17(15)19-11-10-14-6-2-4-8-16(14)18(13)19/h2,4,6,8,12H,3,5,7,9-11H2,1H3/q+1. The predicted molar refractivity (Wildman–Crippen MR) is 77.2 cm³/mol. The fourth-order valence-corrected chi connectivity index (χ4v) is 3.86. The smallest absolute Gasteiger partial charge is 0.195 e. The molecule has 1 aliphatic carbocycles. The van der Waals surface area contributed by atoms with Gasteiger partial charge < -0.3 is 0 Å². The topological polar surface area (TPSA) is 3.88 Å². The molecule has 0 amide bonds. The average molecular weight is 250 g/mol. The van der Waals surface area contributed by atoms with Crippen molar-refractivity contribution < 1.29 is 4.57 Å². The molecule has 0 saturated heterocycles. The quantitative estimate of drug-likeness (QED) is 0.631. The highest BCUT2D eigenvalue weighted by Crippen LogP contribution is 2.31. The zero-order valence-electron chi connectivity index (χ0n) is 11.6. The first-order chi connectivity index (χ1) is 9.34. The molecule has 0 N–H and O–H groups in total. The first-order valence-electron chi connectivity index (χ1n) is 7.48. The van der Waals surface area contributed by atoms with E-state index in [1.54, 1.807) is 11.3 Å². The van der Waals surface area contributed by atoms with Crippen molar-refractivity contribution in [3.05, 3.63) is 52.7 Å². The predicted octanol–water partition coefficient (Wildman–Crippen LogP) is 3.38. The summed E-state index contributed by atoms with van der Waals surface area (Å²) in [4.78, 5) is 0. The molecular weight excluding hydrogens is 230 g/mol. The van der Waals surface area contributed by atoms with Gasteiger partial charge in [0, 0.05) is 29.5 Å². The molecule has 1 aliphatic heterocycles. The summed E-state index contributed by atoms with van der Waals surface area (Å²) in [5.74, 6) is 0. The Labute approximate surface area is 114 Å². The number of hydrogen-bond acceptors (Lipinski definition) is 0. The Kier molecular flexibility index (Phi) is 2.48. The molecule has 1 nitrogen and oxygen atoms in total. The van der Waals surface area contributed by atoms with Gasteiger partial charge in [0.1, 0.15) is 0 Å². The Morgan fingerprint density at radius 3 is 2.74 bits per heavy atom. The van der Waals surface area contributed by atoms with E-state index < -0.39 is 0 Å². The van der Waals surface area contributed by atoms with Crippen LogP contribution in [0, 0.1) is 6.92 Å². The van der Waals surface area contributed by atoms with Crippen LogP contribution in [0.1, 0.15) is 35.2 Å². The van der Waals surface area contributed by atoms with E-state index in [0.717, 1.165) is 6.54 Å². The van der Waals surface area contributed by atoms with Gasteiger partial charge in [-0.25, -0.2) is 0 Å². The summed E-state index contributed by atoms with van der Waals surface area (Å²) in [6.45, 7) is 3.44. The summed E-state index contributed by atoms with van der Waals surface area (Å²) in [6, 6.07) is 11.4. The number of fused-ring (bicyclic) bond motifs is 5. The highest BCUT2D eigenvalue weighted by atomic mass is 15.0. The van der Waals surface area contributed by atoms with Gasteiger partial charge in [0.15, 0.2) is 12.2 Å². The molecule has 0 saturated carbocycles. The minimum absolute atomic E-state index is 1.16. The summed E-state index contributed by atoms with van der Waals surface area (Å²) < 4.78 is 2.62. The SMILES string of the molecule is Cc1cc2c([n+]3c1-c1ccccc1CC3)CCCC2. The minimum atomic E-state index is 1.16. The highest BCUT2D eigenvalue weighted by Gasteiger charge is 2.30. The molecule has 0 bridgehead atoms. The first-order valence-corrected chi connectivity index (χ1v) is 7.48. The zero-order valence-corrected chi connectivity index (χ0v) is 11.6. The second-order valence-corrected chi connectivity index (χ2v) is 5.91. The number of rotatable bonds is 0. The fraction of sp³-hybridized carbons (Fsp3) is 0.389. The van der Waals surface area contributed by atoms with Crippen LogP contribution in [0.3, 0.4) is 0 Å². The largest absolute Gasteiger partial charge is 0.215 e. The molecule has 96 valence electrons. The Hall–Kier alpha value is -1.63. The second-order valence-electron chi connectivity index (χ2n) is 5.91. The molecule has 4 rings (SSSR count). The number of nitrogens with zero attached hydrogens (tertiary/aromatic N) is 1. The van der Waals surface area contributed by atoms with Crippen LogP contribution in [-0.2, 0) is 25.8 Å². The van der Waals surface area contributed by atoms with Crippen LogP contribution in [0.5, 0.6) is 0 Å². The maximum absolute atomic E-state index is 2.62. The third-order valence-corrected chi connectivity index (χ3v) is 4.72. The van der Waals surface area contributed by atoms with Crippen LogP contribution in [0.4, 0.5) is 0 Å². The van der Waals surface area contributed by atoms with E-state index in [4.69, 9.17) is 0 Å². The molecule has 0 fully saturated rings. The number of aryl methyl sites for hydroxylation is 3. The van der Waals surface area contributed by atoms with Gasteiger partial charge in [-0.3, -0.25) is 0 Å². The minimum Gasteiger partial charge on any atom is -0.195 e. The molecule has 0 unspecified atom stereocenters. The molecule has 2 aliphatic rings. The zero-order chi connectivity index (χ0) is 12.8. The van der Waals surface area contributed by atoms with E-state index in [9.17, 15) is 0 Å². The van der Waals surface area contributed by atoms with E-state index in [2.05, 4.69) is 41.8 Å². The molecule has 1 aromatic heterocycles. The van der Waals surface area contributed by atoms with Crippen molar-refractivity contribution >= 4 is 0 Å². The van der Waals surface area contributed by atoms with Gasteiger partial charge in [0.2, 0.25) is 5.69 Å². The third-order valence-electron chi connectivity index (χ3n) is 4.72. The van der Waals surface area contributed by atoms with Crippen molar-refractivity contribution in [1.29, 1.82) is 0 Å². The lowest BCUT2D eigenvalue weighted by molar-refractivity contribution is -0.695. The maximum Gasteiger partial charge on any atom is 0.215 e. The molecule has 0 atom stereocenters. The van der Waals surface area contributed by atoms with Gasteiger partial charge in [-0.15, -0.1) is 0 Å². The van der Waals surface area contributed by atoms with Crippen molar-refractivity contribution in [3.8, 4) is 11.3 Å². The van der Waals surface area contributed by atoms with Crippen molar-refractivity contribution in [2.45, 2.75) is 45.6 Å². The van der Waals surface area contributed by atoms with Crippen LogP contribution in [0.2, 0.25) is 0 Å². The van der Waals surface area contributed by atoms with Crippen molar-refractivity contribution in [2.75, 3.05) is 0 Å². The van der Waals surface area contributed by atoms with Crippen LogP contribution in [-0.4, -0.2) is 0 Å². The lowest BCUT2D eigenvalue weighted by atomic mass is 9.89. The van der Waals surface area contributed by atoms with Crippen LogP contribution in [0.25, 0.3) is 11.3 Å². The van der Waals surface area contributed by atoms with Gasteiger partial charge in [0.25, 0.3) is 0 Å². The van der Waals surface area contributed by atoms with Gasteiger partial charge in [-0.2, -0.15) is 4.57 Å². The normalized spacial score (nSPS) is 16.5. The second kappa shape index (κ2) is 4.19. The summed E-state index contributed by atoms with van der Waals surface area (Å²) in [5.41, 5.74) is 9.12. The van der Waals surface area contributed by atoms with Crippen LogP contribution in [0.15, 0.2) is 30.3 Å². The summed E-state index contributed by atoms with van der Waals surface area (Å²) in [7, 11) is 0. The summed E-state index contributed by atoms with van der Waals surface area (Å²) >= 11 is 0. The Bertz CT molecular complexity index is 655. The molecule has 1 heteroatoms. The number of aromatic nitrogens is 1. The summed E-state index contributed by atoms with van der Waals surface area (Å²) in [6.07, 6.45) is 6.45. The third kappa shape index (κ3) is 1.64. The van der Waals surface area contributed by atoms with Crippen LogP contribution >= 0.6 is 0 Å². The van der Waals surface area contributed by atoms with Gasteiger partial charge in [-0.05, 0) is 43.9 Å². The molecule has 1 aromatic carbocycles. The van der Waals surface area contributed by atoms with Crippen molar-refractivity contribution in [1.82, 2.24) is 0 Å². The Morgan fingerprint density at radius 1 is 0.947 bits per heavy atom. The summed E-state index contributed by atoms with van der Waals surface area (Å²) in [5, 5.41) is 0. The number of hydrogen-bond donors (Lipinski definition) is 0. The van der Waals surface area contributed by atoms with E-state index in [1.165, 1.54) is 54.5 Å². The Balaban J connectivity index is 2.01. The number of pyridine rings is 1. The fourth-order valence-electron chi connectivity index (χ4n) is 3.86. The number of benzene rings is 1. The van der Waals surface area contributed by atoms with E-state index in [1.807, 2.05) is 0 Å². The maximum atomic E-state index is 2.62. The first kappa shape index (κ1) is 11.2. The molecule has 2 aromatic rings. The van der Waals surface area contributed by atoms with E-state index in [0.29, 0.717) is 0 Å². The Morgan fingerprint density at radius 2 is 1.79 bits per heavy atom. The molecular formula is C18H20N+. The van der Waals surface area contributed by atoms with E-state index >= 15 is 0 Å². The highest BCUT2D eigenvalue weighted by molar-refractivity contribution is 5.65. The monoisotopic (exact) mass is 250 g/mol. The molecule has 0 spiro atoms. The van der Waals surface area contributed by atoms with Crippen molar-refractivity contribution in [3.63, 3.8) is 0 Å². The van der Waals surface area contributed by atoms with Crippen molar-refractivity contribution in [2.24, 2.45) is 0 Å². The van der Waals surface area contributed by atoms with Gasteiger partial charge >= 0.3 is 0 Å². The van der Waals surface area contributed by atoms with Gasteiger partial charge in [0.05, 0.1) is 0 Å². The lowest BCUT2D eigenvalue weighted by Gasteiger charge is -2.22. The van der Waals surface area contributed by atoms with E-state index in [-0.39, 0.29) is 0 Å². The van der Waals surface area contributed by atoms with Gasteiger partial charge in [-0.1, -0.05) is 18.2 Å². The van der Waals surface area contributed by atoms with Crippen LogP contribution < -0.4 is 4.57 Å². The lowest BCUT2D eigenvalue weighted by Crippen LogP contribution is -2.46.